The molecule has 1 aromatic rings. The topological polar surface area (TPSA) is 32.3 Å². The number of likely N-dealkylation sites (tertiary alicyclic amines) is 1. The number of carbonyl (C=O) groups is 1. The molecule has 114 valence electrons. The highest BCUT2D eigenvalue weighted by Crippen LogP contribution is 2.44. The number of hydrogen-bond acceptors (Lipinski definition) is 2. The Morgan fingerprint density at radius 2 is 2.00 bits per heavy atom. The minimum Gasteiger partial charge on any atom is -0.351 e. The lowest BCUT2D eigenvalue weighted by atomic mass is 9.63. The van der Waals surface area contributed by atoms with Crippen molar-refractivity contribution in [3.05, 3.63) is 35.6 Å². The molecule has 1 aromatic carbocycles. The smallest absolute Gasteiger partial charge is 0.230 e. The van der Waals surface area contributed by atoms with Gasteiger partial charge in [0.05, 0.1) is 5.41 Å². The summed E-state index contributed by atoms with van der Waals surface area (Å²) in [7, 11) is 2.09. The van der Waals surface area contributed by atoms with Crippen LogP contribution >= 0.6 is 0 Å². The van der Waals surface area contributed by atoms with Crippen molar-refractivity contribution < 1.29 is 9.18 Å². The Morgan fingerprint density at radius 1 is 1.29 bits per heavy atom. The lowest BCUT2D eigenvalue weighted by molar-refractivity contribution is -0.131. The van der Waals surface area contributed by atoms with Crippen molar-refractivity contribution in [3.63, 3.8) is 0 Å². The van der Waals surface area contributed by atoms with Crippen molar-refractivity contribution in [2.24, 2.45) is 0 Å². The first kappa shape index (κ1) is 14.5. The van der Waals surface area contributed by atoms with Gasteiger partial charge >= 0.3 is 0 Å². The Kier molecular flexibility index (Phi) is 3.98. The largest absolute Gasteiger partial charge is 0.351 e. The SMILES string of the molecule is CN1CCCC(NC(=O)C2(c3ccc(F)cc3)CCC2)C1. The predicted molar refractivity (Wildman–Crippen MR) is 80.6 cm³/mol. The Balaban J connectivity index is 1.73. The van der Waals surface area contributed by atoms with Crippen molar-refractivity contribution >= 4 is 5.91 Å². The van der Waals surface area contributed by atoms with E-state index >= 15 is 0 Å². The zero-order valence-electron chi connectivity index (χ0n) is 12.6. The van der Waals surface area contributed by atoms with Gasteiger partial charge in [0, 0.05) is 12.6 Å². The van der Waals surface area contributed by atoms with Crippen LogP contribution in [0.15, 0.2) is 24.3 Å². The standard InChI is InChI=1S/C17H23FN2O/c1-20-11-2-4-15(12-20)19-16(21)17(9-3-10-17)13-5-7-14(18)8-6-13/h5-8,15H,2-4,9-12H2,1H3,(H,19,21). The summed E-state index contributed by atoms with van der Waals surface area (Å²) in [5.74, 6) is -0.122. The van der Waals surface area contributed by atoms with Crippen LogP contribution in [0, 0.1) is 5.82 Å². The average Bonchev–Trinajstić information content (AvgIpc) is 2.39. The molecule has 1 saturated heterocycles. The first-order valence-electron chi connectivity index (χ1n) is 7.86. The van der Waals surface area contributed by atoms with Crippen LogP contribution in [0.1, 0.15) is 37.7 Å². The van der Waals surface area contributed by atoms with Crippen LogP contribution in [0.4, 0.5) is 4.39 Å². The molecule has 1 amide bonds. The summed E-state index contributed by atoms with van der Waals surface area (Å²) in [4.78, 5) is 15.0. The number of likely N-dealkylation sites (N-methyl/N-ethyl adjacent to an activating group) is 1. The van der Waals surface area contributed by atoms with Gasteiger partial charge in [0.25, 0.3) is 0 Å². The number of nitrogens with zero attached hydrogens (tertiary/aromatic N) is 1. The molecule has 0 aromatic heterocycles. The van der Waals surface area contributed by atoms with E-state index in [1.807, 2.05) is 0 Å². The van der Waals surface area contributed by atoms with Crippen LogP contribution in [0.25, 0.3) is 0 Å². The van der Waals surface area contributed by atoms with E-state index in [9.17, 15) is 9.18 Å². The molecular formula is C17H23FN2O. The van der Waals surface area contributed by atoms with E-state index in [0.717, 1.165) is 50.8 Å². The Bertz CT molecular complexity index is 510. The lowest BCUT2D eigenvalue weighted by Gasteiger charge is -2.42. The zero-order chi connectivity index (χ0) is 14.9. The molecule has 21 heavy (non-hydrogen) atoms. The van der Waals surface area contributed by atoms with Crippen LogP contribution in [0.5, 0.6) is 0 Å². The maximum absolute atomic E-state index is 13.1. The minimum absolute atomic E-state index is 0.126. The fourth-order valence-corrected chi connectivity index (χ4v) is 3.55. The summed E-state index contributed by atoms with van der Waals surface area (Å²) >= 11 is 0. The van der Waals surface area contributed by atoms with E-state index in [2.05, 4.69) is 17.3 Å². The second-order valence-electron chi connectivity index (χ2n) is 6.52. The van der Waals surface area contributed by atoms with E-state index in [0.29, 0.717) is 0 Å². The molecule has 2 aliphatic rings. The van der Waals surface area contributed by atoms with Crippen molar-refractivity contribution in [1.82, 2.24) is 10.2 Å². The van der Waals surface area contributed by atoms with Crippen LogP contribution in [-0.4, -0.2) is 37.0 Å². The highest BCUT2D eigenvalue weighted by atomic mass is 19.1. The Hall–Kier alpha value is -1.42. The number of rotatable bonds is 3. The lowest BCUT2D eigenvalue weighted by Crippen LogP contribution is -2.55. The van der Waals surface area contributed by atoms with Gasteiger partial charge in [-0.1, -0.05) is 18.6 Å². The summed E-state index contributed by atoms with van der Waals surface area (Å²) in [6.07, 6.45) is 4.98. The average molecular weight is 290 g/mol. The Labute approximate surface area is 125 Å². The Morgan fingerprint density at radius 3 is 2.57 bits per heavy atom. The molecule has 1 unspecified atom stereocenters. The summed E-state index contributed by atoms with van der Waals surface area (Å²) < 4.78 is 13.1. The summed E-state index contributed by atoms with van der Waals surface area (Å²) in [6, 6.07) is 6.69. The minimum atomic E-state index is -0.427. The first-order valence-corrected chi connectivity index (χ1v) is 7.86. The molecule has 1 aliphatic carbocycles. The number of hydrogen-bond donors (Lipinski definition) is 1. The molecule has 2 fully saturated rings. The van der Waals surface area contributed by atoms with Gasteiger partial charge in [0.2, 0.25) is 5.91 Å². The van der Waals surface area contributed by atoms with Gasteiger partial charge in [-0.25, -0.2) is 4.39 Å². The molecule has 1 atom stereocenters. The van der Waals surface area contributed by atoms with Crippen molar-refractivity contribution in [2.75, 3.05) is 20.1 Å². The van der Waals surface area contributed by atoms with Gasteiger partial charge in [-0.05, 0) is 57.0 Å². The molecule has 1 heterocycles. The van der Waals surface area contributed by atoms with Crippen LogP contribution in [-0.2, 0) is 10.2 Å². The fourth-order valence-electron chi connectivity index (χ4n) is 3.55. The van der Waals surface area contributed by atoms with Gasteiger partial charge in [-0.3, -0.25) is 4.79 Å². The molecule has 3 nitrogen and oxygen atoms in total. The summed E-state index contributed by atoms with van der Waals surface area (Å²) in [5, 5.41) is 3.23. The van der Waals surface area contributed by atoms with E-state index in [1.165, 1.54) is 12.1 Å². The summed E-state index contributed by atoms with van der Waals surface area (Å²) in [6.45, 7) is 2.03. The molecule has 1 saturated carbocycles. The van der Waals surface area contributed by atoms with Gasteiger partial charge < -0.3 is 10.2 Å². The third kappa shape index (κ3) is 2.82. The number of carbonyl (C=O) groups excluding carboxylic acids is 1. The normalized spacial score (nSPS) is 25.1. The fraction of sp³-hybridized carbons (Fsp3) is 0.588. The maximum Gasteiger partial charge on any atom is 0.230 e. The second-order valence-corrected chi connectivity index (χ2v) is 6.52. The molecule has 1 N–H and O–H groups in total. The van der Waals surface area contributed by atoms with Crippen molar-refractivity contribution in [1.29, 1.82) is 0 Å². The molecule has 3 rings (SSSR count). The third-order valence-corrected chi connectivity index (χ3v) is 5.00. The highest BCUT2D eigenvalue weighted by molar-refractivity contribution is 5.89. The highest BCUT2D eigenvalue weighted by Gasteiger charge is 2.46. The molecule has 4 heteroatoms. The van der Waals surface area contributed by atoms with Crippen LogP contribution in [0.3, 0.4) is 0 Å². The van der Waals surface area contributed by atoms with Gasteiger partial charge in [0.1, 0.15) is 5.82 Å². The number of nitrogens with one attached hydrogen (secondary N) is 1. The van der Waals surface area contributed by atoms with Gasteiger partial charge in [-0.15, -0.1) is 0 Å². The summed E-state index contributed by atoms with van der Waals surface area (Å²) in [5.41, 5.74) is 0.529. The van der Waals surface area contributed by atoms with E-state index in [1.54, 1.807) is 12.1 Å². The quantitative estimate of drug-likeness (QED) is 0.927. The van der Waals surface area contributed by atoms with E-state index in [-0.39, 0.29) is 17.8 Å². The zero-order valence-corrected chi connectivity index (χ0v) is 12.6. The van der Waals surface area contributed by atoms with Crippen molar-refractivity contribution in [3.8, 4) is 0 Å². The molecular weight excluding hydrogens is 267 g/mol. The molecule has 0 bridgehead atoms. The molecule has 1 aliphatic heterocycles. The van der Waals surface area contributed by atoms with Crippen LogP contribution < -0.4 is 5.32 Å². The number of piperidine rings is 1. The van der Waals surface area contributed by atoms with Crippen molar-refractivity contribution in [2.45, 2.75) is 43.6 Å². The molecule has 0 spiro atoms. The van der Waals surface area contributed by atoms with Gasteiger partial charge in [0.15, 0.2) is 0 Å². The third-order valence-electron chi connectivity index (χ3n) is 5.00. The second kappa shape index (κ2) is 5.76. The van der Waals surface area contributed by atoms with E-state index in [4.69, 9.17) is 0 Å². The first-order chi connectivity index (χ1) is 10.1. The monoisotopic (exact) mass is 290 g/mol. The molecule has 0 radical (unpaired) electrons. The number of amides is 1. The van der Waals surface area contributed by atoms with Gasteiger partial charge in [-0.2, -0.15) is 0 Å². The number of halogens is 1. The number of benzene rings is 1. The van der Waals surface area contributed by atoms with E-state index < -0.39 is 5.41 Å². The van der Waals surface area contributed by atoms with Crippen LogP contribution in [0.2, 0.25) is 0 Å². The maximum atomic E-state index is 13.1. The predicted octanol–water partition coefficient (Wildman–Crippen LogP) is 2.46.